The Balaban J connectivity index is 1.35. The minimum atomic E-state index is -0.722. The van der Waals surface area contributed by atoms with Crippen molar-refractivity contribution in [1.82, 2.24) is 25.3 Å². The standard InChI is InChI=1S/C19H27N5O3/c1-23-15-7-5-6-14(13(15)12-20-23)21-16(25)8-11-24-17(26)19(22-18(24)27)9-3-2-4-10-19/h12,14H,2-11H2,1H3,(H,21,25)(H,22,27). The highest BCUT2D eigenvalue weighted by atomic mass is 16.2. The third-order valence-electron chi connectivity index (χ3n) is 6.23. The second-order valence-electron chi connectivity index (χ2n) is 7.96. The van der Waals surface area contributed by atoms with Crippen LogP contribution in [0.3, 0.4) is 0 Å². The van der Waals surface area contributed by atoms with Crippen LogP contribution in [-0.2, 0) is 23.1 Å². The largest absolute Gasteiger partial charge is 0.349 e. The third-order valence-corrected chi connectivity index (χ3v) is 6.23. The van der Waals surface area contributed by atoms with E-state index in [0.717, 1.165) is 44.1 Å². The van der Waals surface area contributed by atoms with Crippen LogP contribution in [0.25, 0.3) is 0 Å². The van der Waals surface area contributed by atoms with Gasteiger partial charge in [0.2, 0.25) is 5.91 Å². The molecule has 1 aromatic heterocycles. The highest BCUT2D eigenvalue weighted by Crippen LogP contribution is 2.34. The molecular weight excluding hydrogens is 346 g/mol. The Morgan fingerprint density at radius 3 is 2.85 bits per heavy atom. The number of fused-ring (bicyclic) bond motifs is 1. The molecule has 1 atom stereocenters. The molecule has 1 saturated heterocycles. The molecule has 1 unspecified atom stereocenters. The number of aromatic nitrogens is 2. The van der Waals surface area contributed by atoms with Crippen LogP contribution >= 0.6 is 0 Å². The Bertz CT molecular complexity index is 765. The zero-order chi connectivity index (χ0) is 19.0. The fourth-order valence-electron chi connectivity index (χ4n) is 4.71. The van der Waals surface area contributed by atoms with E-state index in [1.54, 1.807) is 0 Å². The predicted octanol–water partition coefficient (Wildman–Crippen LogP) is 1.56. The minimum absolute atomic E-state index is 0.0391. The van der Waals surface area contributed by atoms with Crippen LogP contribution in [0.5, 0.6) is 0 Å². The smallest absolute Gasteiger partial charge is 0.325 e. The maximum atomic E-state index is 12.8. The van der Waals surface area contributed by atoms with Gasteiger partial charge in [0.25, 0.3) is 5.91 Å². The van der Waals surface area contributed by atoms with E-state index in [1.165, 1.54) is 10.6 Å². The number of hydrogen-bond acceptors (Lipinski definition) is 4. The van der Waals surface area contributed by atoms with Gasteiger partial charge in [0.05, 0.1) is 12.2 Å². The maximum absolute atomic E-state index is 12.8. The van der Waals surface area contributed by atoms with Crippen molar-refractivity contribution < 1.29 is 14.4 Å². The molecule has 0 aromatic carbocycles. The lowest BCUT2D eigenvalue weighted by Gasteiger charge is -2.30. The maximum Gasteiger partial charge on any atom is 0.325 e. The van der Waals surface area contributed by atoms with E-state index in [-0.39, 0.29) is 36.9 Å². The van der Waals surface area contributed by atoms with E-state index in [0.29, 0.717) is 12.8 Å². The average molecular weight is 373 g/mol. The Hall–Kier alpha value is -2.38. The lowest BCUT2D eigenvalue weighted by atomic mass is 9.82. The van der Waals surface area contributed by atoms with E-state index in [1.807, 2.05) is 17.9 Å². The summed E-state index contributed by atoms with van der Waals surface area (Å²) in [6.07, 6.45) is 9.23. The van der Waals surface area contributed by atoms with Gasteiger partial charge in [0.15, 0.2) is 0 Å². The van der Waals surface area contributed by atoms with Crippen molar-refractivity contribution in [3.8, 4) is 0 Å². The summed E-state index contributed by atoms with van der Waals surface area (Å²) in [6, 6.07) is -0.398. The van der Waals surface area contributed by atoms with Crippen LogP contribution in [0.2, 0.25) is 0 Å². The van der Waals surface area contributed by atoms with Crippen LogP contribution in [-0.4, -0.2) is 44.6 Å². The van der Waals surface area contributed by atoms with E-state index in [9.17, 15) is 14.4 Å². The second-order valence-corrected chi connectivity index (χ2v) is 7.96. The number of imide groups is 1. The van der Waals surface area contributed by atoms with Crippen molar-refractivity contribution >= 4 is 17.8 Å². The molecule has 2 aliphatic carbocycles. The van der Waals surface area contributed by atoms with Crippen LogP contribution < -0.4 is 10.6 Å². The van der Waals surface area contributed by atoms with Gasteiger partial charge < -0.3 is 10.6 Å². The summed E-state index contributed by atoms with van der Waals surface area (Å²) in [5.74, 6) is -0.297. The van der Waals surface area contributed by atoms with Gasteiger partial charge in [0.1, 0.15) is 5.54 Å². The zero-order valence-electron chi connectivity index (χ0n) is 15.8. The molecule has 0 radical (unpaired) electrons. The van der Waals surface area contributed by atoms with Gasteiger partial charge in [-0.3, -0.25) is 19.2 Å². The fourth-order valence-corrected chi connectivity index (χ4v) is 4.71. The van der Waals surface area contributed by atoms with Crippen LogP contribution in [0.1, 0.15) is 68.7 Å². The summed E-state index contributed by atoms with van der Waals surface area (Å²) >= 11 is 0. The van der Waals surface area contributed by atoms with Gasteiger partial charge in [-0.05, 0) is 32.1 Å². The molecule has 4 amide bonds. The molecule has 4 rings (SSSR count). The lowest BCUT2D eigenvalue weighted by molar-refractivity contribution is -0.132. The highest BCUT2D eigenvalue weighted by Gasteiger charge is 2.51. The first-order valence-electron chi connectivity index (χ1n) is 9.94. The minimum Gasteiger partial charge on any atom is -0.349 e. The zero-order valence-corrected chi connectivity index (χ0v) is 15.8. The molecule has 2 heterocycles. The Morgan fingerprint density at radius 2 is 2.07 bits per heavy atom. The van der Waals surface area contributed by atoms with Crippen LogP contribution in [0, 0.1) is 0 Å². The van der Waals surface area contributed by atoms with E-state index in [4.69, 9.17) is 0 Å². The van der Waals surface area contributed by atoms with E-state index in [2.05, 4.69) is 15.7 Å². The van der Waals surface area contributed by atoms with E-state index < -0.39 is 5.54 Å². The number of nitrogens with zero attached hydrogens (tertiary/aromatic N) is 3. The molecule has 0 bridgehead atoms. The number of carbonyl (C=O) groups excluding carboxylic acids is 3. The molecule has 27 heavy (non-hydrogen) atoms. The van der Waals surface area contributed by atoms with Gasteiger partial charge in [0, 0.05) is 31.3 Å². The monoisotopic (exact) mass is 373 g/mol. The number of nitrogens with one attached hydrogen (secondary N) is 2. The Labute approximate surface area is 158 Å². The van der Waals surface area contributed by atoms with Gasteiger partial charge in [-0.15, -0.1) is 0 Å². The summed E-state index contributed by atoms with van der Waals surface area (Å²) in [7, 11) is 1.92. The van der Waals surface area contributed by atoms with Crippen LogP contribution in [0.15, 0.2) is 6.20 Å². The van der Waals surface area contributed by atoms with Crippen molar-refractivity contribution in [2.45, 2.75) is 69.4 Å². The summed E-state index contributed by atoms with van der Waals surface area (Å²) in [5.41, 5.74) is 1.52. The van der Waals surface area contributed by atoms with Crippen molar-refractivity contribution in [1.29, 1.82) is 0 Å². The summed E-state index contributed by atoms with van der Waals surface area (Å²) in [6.45, 7) is 0.130. The number of rotatable bonds is 4. The molecule has 8 nitrogen and oxygen atoms in total. The number of carbonyl (C=O) groups is 3. The first kappa shape index (κ1) is 18.0. The summed E-state index contributed by atoms with van der Waals surface area (Å²) in [4.78, 5) is 38.7. The number of hydrogen-bond donors (Lipinski definition) is 2. The molecule has 146 valence electrons. The molecule has 1 saturated carbocycles. The Morgan fingerprint density at radius 1 is 1.30 bits per heavy atom. The van der Waals surface area contributed by atoms with E-state index >= 15 is 0 Å². The van der Waals surface area contributed by atoms with Gasteiger partial charge in [-0.25, -0.2) is 4.79 Å². The summed E-state index contributed by atoms with van der Waals surface area (Å²) < 4.78 is 1.87. The molecule has 2 N–H and O–H groups in total. The number of urea groups is 1. The van der Waals surface area contributed by atoms with Crippen molar-refractivity contribution in [3.05, 3.63) is 17.5 Å². The van der Waals surface area contributed by atoms with Crippen LogP contribution in [0.4, 0.5) is 4.79 Å². The number of aryl methyl sites for hydroxylation is 1. The lowest BCUT2D eigenvalue weighted by Crippen LogP contribution is -2.48. The molecule has 2 fully saturated rings. The average Bonchev–Trinajstić information content (AvgIpc) is 3.14. The van der Waals surface area contributed by atoms with Gasteiger partial charge in [-0.2, -0.15) is 5.10 Å². The predicted molar refractivity (Wildman–Crippen MR) is 97.7 cm³/mol. The Kier molecular flexibility index (Phi) is 4.65. The highest BCUT2D eigenvalue weighted by molar-refractivity contribution is 6.07. The quantitative estimate of drug-likeness (QED) is 0.783. The molecular formula is C19H27N5O3. The first-order valence-corrected chi connectivity index (χ1v) is 9.94. The SMILES string of the molecule is Cn1ncc2c1CCCC2NC(=O)CCN1C(=O)NC2(CCCCC2)C1=O. The van der Waals surface area contributed by atoms with Gasteiger partial charge in [-0.1, -0.05) is 19.3 Å². The fraction of sp³-hybridized carbons (Fsp3) is 0.684. The third kappa shape index (κ3) is 3.21. The van der Waals surface area contributed by atoms with Crippen molar-refractivity contribution in [2.75, 3.05) is 6.54 Å². The second kappa shape index (κ2) is 6.98. The molecule has 8 heteroatoms. The van der Waals surface area contributed by atoms with Crippen molar-refractivity contribution in [2.24, 2.45) is 7.05 Å². The number of amides is 4. The van der Waals surface area contributed by atoms with Crippen molar-refractivity contribution in [3.63, 3.8) is 0 Å². The normalized spacial score (nSPS) is 24.0. The molecule has 3 aliphatic rings. The first-order chi connectivity index (χ1) is 13.0. The molecule has 1 aromatic rings. The van der Waals surface area contributed by atoms with Gasteiger partial charge >= 0.3 is 6.03 Å². The topological polar surface area (TPSA) is 96.3 Å². The molecule has 1 spiro atoms. The summed E-state index contributed by atoms with van der Waals surface area (Å²) in [5, 5.41) is 10.2. The molecule has 1 aliphatic heterocycles.